The number of anilines is 1. The highest BCUT2D eigenvalue weighted by atomic mass is 19.1. The molecule has 2 aliphatic heterocycles. The van der Waals surface area contributed by atoms with Crippen molar-refractivity contribution in [2.45, 2.75) is 25.1 Å². The van der Waals surface area contributed by atoms with E-state index in [1.807, 2.05) is 12.4 Å². The fraction of sp³-hybridized carbons (Fsp3) is 0.438. The molecule has 2 unspecified atom stereocenters. The summed E-state index contributed by atoms with van der Waals surface area (Å²) in [5.74, 6) is 0. The first-order valence-corrected chi connectivity index (χ1v) is 7.31. The molecule has 1 aromatic carbocycles. The van der Waals surface area contributed by atoms with E-state index in [9.17, 15) is 4.39 Å². The number of nitrogens with zero attached hydrogens (tertiary/aromatic N) is 2. The van der Waals surface area contributed by atoms with Gasteiger partial charge in [0, 0.05) is 41.9 Å². The monoisotopic (exact) mass is 271 g/mol. The Morgan fingerprint density at radius 1 is 1.30 bits per heavy atom. The zero-order valence-electron chi connectivity index (χ0n) is 11.3. The maximum atomic E-state index is 14.3. The number of benzene rings is 1. The molecule has 0 spiro atoms. The van der Waals surface area contributed by atoms with E-state index in [0.29, 0.717) is 6.54 Å². The van der Waals surface area contributed by atoms with E-state index in [0.717, 1.165) is 31.3 Å². The molecule has 0 aliphatic carbocycles. The Bertz CT molecular complexity index is 637. The van der Waals surface area contributed by atoms with Crippen LogP contribution in [-0.4, -0.2) is 36.8 Å². The molecule has 0 saturated carbocycles. The Morgan fingerprint density at radius 3 is 3.15 bits per heavy atom. The van der Waals surface area contributed by atoms with Crippen LogP contribution in [0, 0.1) is 0 Å². The molecule has 3 nitrogen and oxygen atoms in total. The molecule has 2 aliphatic rings. The first-order valence-electron chi connectivity index (χ1n) is 7.31. The number of piperidine rings is 1. The van der Waals surface area contributed by atoms with Crippen molar-refractivity contribution in [1.29, 1.82) is 0 Å². The number of alkyl halides is 1. The first-order chi connectivity index (χ1) is 9.84. The SMILES string of the molecule is FC1CNCCC1N1CCc2cncc3cccc1c23. The van der Waals surface area contributed by atoms with Gasteiger partial charge in [-0.25, -0.2) is 4.39 Å². The van der Waals surface area contributed by atoms with E-state index < -0.39 is 6.17 Å². The lowest BCUT2D eigenvalue weighted by molar-refractivity contribution is 0.223. The normalized spacial score (nSPS) is 25.9. The first kappa shape index (κ1) is 12.1. The smallest absolute Gasteiger partial charge is 0.133 e. The lowest BCUT2D eigenvalue weighted by Gasteiger charge is -2.41. The summed E-state index contributed by atoms with van der Waals surface area (Å²) in [7, 11) is 0. The van der Waals surface area contributed by atoms with Gasteiger partial charge in [0.05, 0.1) is 6.04 Å². The van der Waals surface area contributed by atoms with E-state index in [4.69, 9.17) is 0 Å². The summed E-state index contributed by atoms with van der Waals surface area (Å²) in [5, 5.41) is 5.56. The maximum Gasteiger partial charge on any atom is 0.133 e. The van der Waals surface area contributed by atoms with Crippen molar-refractivity contribution in [2.75, 3.05) is 24.5 Å². The summed E-state index contributed by atoms with van der Waals surface area (Å²) in [6, 6.07) is 6.27. The van der Waals surface area contributed by atoms with Crippen molar-refractivity contribution < 1.29 is 4.39 Å². The van der Waals surface area contributed by atoms with Crippen molar-refractivity contribution in [3.05, 3.63) is 36.2 Å². The summed E-state index contributed by atoms with van der Waals surface area (Å²) in [4.78, 5) is 6.59. The summed E-state index contributed by atoms with van der Waals surface area (Å²) < 4.78 is 14.3. The average molecular weight is 271 g/mol. The van der Waals surface area contributed by atoms with Crippen molar-refractivity contribution in [2.24, 2.45) is 0 Å². The Kier molecular flexibility index (Phi) is 2.84. The van der Waals surface area contributed by atoms with Crippen LogP contribution in [0.3, 0.4) is 0 Å². The van der Waals surface area contributed by atoms with Crippen LogP contribution >= 0.6 is 0 Å². The number of aromatic nitrogens is 1. The third kappa shape index (κ3) is 1.79. The minimum absolute atomic E-state index is 0.00293. The van der Waals surface area contributed by atoms with E-state index in [-0.39, 0.29) is 6.04 Å². The van der Waals surface area contributed by atoms with E-state index in [2.05, 4.69) is 33.4 Å². The van der Waals surface area contributed by atoms with Gasteiger partial charge in [-0.3, -0.25) is 4.98 Å². The van der Waals surface area contributed by atoms with Gasteiger partial charge >= 0.3 is 0 Å². The fourth-order valence-electron chi connectivity index (χ4n) is 3.58. The van der Waals surface area contributed by atoms with Crippen molar-refractivity contribution in [1.82, 2.24) is 10.3 Å². The number of hydrogen-bond donors (Lipinski definition) is 1. The molecule has 0 amide bonds. The van der Waals surface area contributed by atoms with E-state index in [1.165, 1.54) is 16.6 Å². The fourth-order valence-corrected chi connectivity index (χ4v) is 3.58. The van der Waals surface area contributed by atoms with Gasteiger partial charge in [-0.05, 0) is 31.0 Å². The van der Waals surface area contributed by atoms with Crippen LogP contribution in [0.1, 0.15) is 12.0 Å². The molecule has 1 aromatic heterocycles. The molecule has 2 atom stereocenters. The molecule has 3 heterocycles. The van der Waals surface area contributed by atoms with Gasteiger partial charge in [0.15, 0.2) is 0 Å². The second kappa shape index (κ2) is 4.70. The van der Waals surface area contributed by atoms with Gasteiger partial charge in [-0.15, -0.1) is 0 Å². The molecule has 0 bridgehead atoms. The van der Waals surface area contributed by atoms with Gasteiger partial charge in [0.1, 0.15) is 6.17 Å². The molecule has 1 N–H and O–H groups in total. The van der Waals surface area contributed by atoms with Crippen LogP contribution in [0.2, 0.25) is 0 Å². The lowest BCUT2D eigenvalue weighted by Crippen LogP contribution is -2.52. The van der Waals surface area contributed by atoms with Crippen molar-refractivity contribution in [3.8, 4) is 0 Å². The minimum Gasteiger partial charge on any atom is -0.365 e. The minimum atomic E-state index is -0.789. The molecular weight excluding hydrogens is 253 g/mol. The second-order valence-corrected chi connectivity index (χ2v) is 5.69. The summed E-state index contributed by atoms with van der Waals surface area (Å²) in [5.41, 5.74) is 2.47. The van der Waals surface area contributed by atoms with Gasteiger partial charge in [-0.1, -0.05) is 12.1 Å². The van der Waals surface area contributed by atoms with Crippen LogP contribution in [-0.2, 0) is 6.42 Å². The highest BCUT2D eigenvalue weighted by Crippen LogP contribution is 2.36. The van der Waals surface area contributed by atoms with Crippen LogP contribution in [0.15, 0.2) is 30.6 Å². The van der Waals surface area contributed by atoms with Gasteiger partial charge in [0.25, 0.3) is 0 Å². The molecule has 4 heteroatoms. The Hall–Kier alpha value is -1.68. The van der Waals surface area contributed by atoms with Crippen LogP contribution in [0.4, 0.5) is 10.1 Å². The summed E-state index contributed by atoms with van der Waals surface area (Å²) in [6.45, 7) is 2.27. The predicted octanol–water partition coefficient (Wildman–Crippen LogP) is 2.30. The number of rotatable bonds is 1. The zero-order valence-corrected chi connectivity index (χ0v) is 11.3. The lowest BCUT2D eigenvalue weighted by atomic mass is 9.94. The van der Waals surface area contributed by atoms with Crippen LogP contribution in [0.25, 0.3) is 10.8 Å². The number of halogens is 1. The number of hydrogen-bond acceptors (Lipinski definition) is 3. The summed E-state index contributed by atoms with van der Waals surface area (Å²) >= 11 is 0. The largest absolute Gasteiger partial charge is 0.365 e. The third-order valence-electron chi connectivity index (χ3n) is 4.55. The highest BCUT2D eigenvalue weighted by Gasteiger charge is 2.32. The molecule has 0 radical (unpaired) electrons. The van der Waals surface area contributed by atoms with Crippen molar-refractivity contribution >= 4 is 16.5 Å². The molecular formula is C16H18FN3. The third-order valence-corrected chi connectivity index (χ3v) is 4.55. The molecule has 2 aromatic rings. The number of nitrogens with one attached hydrogen (secondary N) is 1. The van der Waals surface area contributed by atoms with E-state index in [1.54, 1.807) is 0 Å². The van der Waals surface area contributed by atoms with Crippen LogP contribution in [0.5, 0.6) is 0 Å². The quantitative estimate of drug-likeness (QED) is 0.862. The highest BCUT2D eigenvalue weighted by molar-refractivity contribution is 5.97. The summed E-state index contributed by atoms with van der Waals surface area (Å²) in [6.07, 6.45) is 4.90. The standard InChI is InChI=1S/C16H18FN3/c17-13-10-18-6-4-14(13)20-7-5-12-9-19-8-11-2-1-3-15(20)16(11)12/h1-3,8-9,13-14,18H,4-7,10H2. The van der Waals surface area contributed by atoms with E-state index >= 15 is 0 Å². The van der Waals surface area contributed by atoms with Crippen molar-refractivity contribution in [3.63, 3.8) is 0 Å². The molecule has 20 heavy (non-hydrogen) atoms. The average Bonchev–Trinajstić information content (AvgIpc) is 2.49. The second-order valence-electron chi connectivity index (χ2n) is 5.69. The predicted molar refractivity (Wildman–Crippen MR) is 79.0 cm³/mol. The Labute approximate surface area is 117 Å². The van der Waals surface area contributed by atoms with Gasteiger partial charge in [0.2, 0.25) is 0 Å². The molecule has 104 valence electrons. The topological polar surface area (TPSA) is 28.2 Å². The van der Waals surface area contributed by atoms with Gasteiger partial charge < -0.3 is 10.2 Å². The molecule has 1 saturated heterocycles. The molecule has 1 fully saturated rings. The Morgan fingerprint density at radius 2 is 2.25 bits per heavy atom. The number of pyridine rings is 1. The van der Waals surface area contributed by atoms with Crippen LogP contribution < -0.4 is 10.2 Å². The zero-order chi connectivity index (χ0) is 13.5. The Balaban J connectivity index is 1.83. The molecule has 4 rings (SSSR count). The maximum absolute atomic E-state index is 14.3. The van der Waals surface area contributed by atoms with Gasteiger partial charge in [-0.2, -0.15) is 0 Å².